The molecule has 2 aromatic rings. The molecule has 23 heavy (non-hydrogen) atoms. The lowest BCUT2D eigenvalue weighted by Crippen LogP contribution is -2.25. The summed E-state index contributed by atoms with van der Waals surface area (Å²) in [5.41, 5.74) is 2.67. The number of ether oxygens (including phenoxy) is 1. The van der Waals surface area contributed by atoms with Gasteiger partial charge in [0.2, 0.25) is 0 Å². The highest BCUT2D eigenvalue weighted by molar-refractivity contribution is 5.27. The molecule has 1 N–H and O–H groups in total. The minimum atomic E-state index is -0.407. The molecule has 1 aromatic heterocycles. The Morgan fingerprint density at radius 3 is 2.91 bits per heavy atom. The second kappa shape index (κ2) is 6.64. The molecule has 0 bridgehead atoms. The maximum atomic E-state index is 13.5. The molecule has 1 aromatic carbocycles. The average Bonchev–Trinajstić information content (AvgIpc) is 2.87. The fraction of sp³-hybridized carbons (Fsp3) is 0.389. The molecule has 0 saturated carbocycles. The van der Waals surface area contributed by atoms with E-state index in [9.17, 15) is 9.50 Å². The van der Waals surface area contributed by atoms with Crippen molar-refractivity contribution in [2.75, 3.05) is 13.7 Å². The highest BCUT2D eigenvalue weighted by atomic mass is 19.1. The fourth-order valence-corrected chi connectivity index (χ4v) is 3.22. The predicted molar refractivity (Wildman–Crippen MR) is 85.7 cm³/mol. The number of aliphatic hydroxyl groups is 1. The first-order valence-electron chi connectivity index (χ1n) is 7.74. The lowest BCUT2D eigenvalue weighted by molar-refractivity contribution is 0.172. The number of pyridine rings is 1. The van der Waals surface area contributed by atoms with Crippen molar-refractivity contribution in [2.45, 2.75) is 32.0 Å². The molecule has 1 aliphatic rings. The van der Waals surface area contributed by atoms with Crippen molar-refractivity contribution in [3.8, 4) is 5.75 Å². The van der Waals surface area contributed by atoms with Crippen LogP contribution in [0.3, 0.4) is 0 Å². The van der Waals surface area contributed by atoms with Gasteiger partial charge in [0.15, 0.2) is 0 Å². The molecule has 0 radical (unpaired) electrons. The first-order chi connectivity index (χ1) is 11.0. The largest absolute Gasteiger partial charge is 0.497 e. The van der Waals surface area contributed by atoms with Gasteiger partial charge in [-0.25, -0.2) is 4.39 Å². The number of aromatic nitrogens is 1. The van der Waals surface area contributed by atoms with Crippen LogP contribution in [0.4, 0.5) is 4.39 Å². The van der Waals surface area contributed by atoms with Crippen LogP contribution in [0.25, 0.3) is 0 Å². The molecular weight excluding hydrogens is 295 g/mol. The van der Waals surface area contributed by atoms with E-state index < -0.39 is 6.10 Å². The molecule has 122 valence electrons. The summed E-state index contributed by atoms with van der Waals surface area (Å²) in [7, 11) is 1.63. The smallest absolute Gasteiger partial charge is 0.123 e. The summed E-state index contributed by atoms with van der Waals surface area (Å²) in [4.78, 5) is 6.68. The summed E-state index contributed by atoms with van der Waals surface area (Å²) < 4.78 is 18.8. The third kappa shape index (κ3) is 3.68. The molecule has 5 heteroatoms. The number of aliphatic hydroxyl groups excluding tert-OH is 1. The van der Waals surface area contributed by atoms with E-state index in [2.05, 4.69) is 9.88 Å². The number of rotatable bonds is 4. The minimum Gasteiger partial charge on any atom is -0.497 e. The number of benzene rings is 1. The zero-order chi connectivity index (χ0) is 16.4. The van der Waals surface area contributed by atoms with Crippen molar-refractivity contribution in [3.05, 3.63) is 59.2 Å². The molecule has 3 rings (SSSR count). The number of β-amino-alcohol motifs (C(OH)–C–C–N with tert-alkyl or cyclic N) is 1. The van der Waals surface area contributed by atoms with Gasteiger partial charge in [-0.05, 0) is 31.0 Å². The van der Waals surface area contributed by atoms with Gasteiger partial charge in [-0.2, -0.15) is 0 Å². The van der Waals surface area contributed by atoms with Crippen molar-refractivity contribution >= 4 is 0 Å². The lowest BCUT2D eigenvalue weighted by atomic mass is 10.0. The average molecular weight is 316 g/mol. The predicted octanol–water partition coefficient (Wildman–Crippen LogP) is 2.85. The highest BCUT2D eigenvalue weighted by Crippen LogP contribution is 2.33. The van der Waals surface area contributed by atoms with Gasteiger partial charge in [-0.3, -0.25) is 9.88 Å². The van der Waals surface area contributed by atoms with Crippen LogP contribution in [0.5, 0.6) is 5.75 Å². The Bertz CT molecular complexity index is 692. The zero-order valence-electron chi connectivity index (χ0n) is 13.4. The fourth-order valence-electron chi connectivity index (χ4n) is 3.22. The van der Waals surface area contributed by atoms with Crippen molar-refractivity contribution in [3.63, 3.8) is 0 Å². The molecule has 1 fully saturated rings. The normalized spacial score (nSPS) is 21.6. The van der Waals surface area contributed by atoms with Gasteiger partial charge in [0, 0.05) is 37.0 Å². The van der Waals surface area contributed by atoms with Crippen molar-refractivity contribution in [2.24, 2.45) is 0 Å². The molecule has 0 aliphatic carbocycles. The Balaban J connectivity index is 1.84. The summed E-state index contributed by atoms with van der Waals surface area (Å²) in [5, 5.41) is 10.1. The number of aryl methyl sites for hydroxylation is 1. The number of methoxy groups -OCH3 is 1. The van der Waals surface area contributed by atoms with Gasteiger partial charge in [0.05, 0.1) is 18.9 Å². The van der Waals surface area contributed by atoms with Crippen LogP contribution >= 0.6 is 0 Å². The van der Waals surface area contributed by atoms with Crippen LogP contribution in [0.15, 0.2) is 36.4 Å². The van der Waals surface area contributed by atoms with E-state index >= 15 is 0 Å². The maximum absolute atomic E-state index is 13.5. The monoisotopic (exact) mass is 316 g/mol. The quantitative estimate of drug-likeness (QED) is 0.942. The number of halogens is 1. The van der Waals surface area contributed by atoms with Gasteiger partial charge < -0.3 is 9.84 Å². The summed E-state index contributed by atoms with van der Waals surface area (Å²) in [6.07, 6.45) is 0.196. The van der Waals surface area contributed by atoms with Crippen LogP contribution in [-0.4, -0.2) is 34.7 Å². The molecular formula is C18H21FN2O2. The first-order valence-corrected chi connectivity index (χ1v) is 7.74. The first kappa shape index (κ1) is 15.9. The third-order valence-electron chi connectivity index (χ3n) is 4.20. The van der Waals surface area contributed by atoms with E-state index in [1.54, 1.807) is 19.2 Å². The summed E-state index contributed by atoms with van der Waals surface area (Å²) >= 11 is 0. The molecule has 1 aliphatic heterocycles. The number of likely N-dealkylation sites (tertiary alicyclic amines) is 1. The van der Waals surface area contributed by atoms with E-state index in [4.69, 9.17) is 4.74 Å². The van der Waals surface area contributed by atoms with E-state index in [0.717, 1.165) is 22.7 Å². The third-order valence-corrected chi connectivity index (χ3v) is 4.20. The van der Waals surface area contributed by atoms with Gasteiger partial charge in [-0.1, -0.05) is 12.1 Å². The zero-order valence-corrected chi connectivity index (χ0v) is 13.4. The van der Waals surface area contributed by atoms with Crippen LogP contribution in [0.2, 0.25) is 0 Å². The summed E-state index contributed by atoms with van der Waals surface area (Å²) in [6, 6.07) is 10.4. The molecule has 0 amide bonds. The highest BCUT2D eigenvalue weighted by Gasteiger charge is 2.32. The van der Waals surface area contributed by atoms with E-state index in [0.29, 0.717) is 19.5 Å². The molecule has 4 nitrogen and oxygen atoms in total. The Labute approximate surface area is 135 Å². The van der Waals surface area contributed by atoms with E-state index in [1.165, 1.54) is 6.07 Å². The standard InChI is InChI=1S/C18H21FN2O2/c1-12-6-17(23-2)8-15(20-12)10-21-11-16(22)9-18(21)13-4-3-5-14(19)7-13/h3-8,16,18,22H,9-11H2,1-2H3/t16-,18-/m1/s1. The van der Waals surface area contributed by atoms with Gasteiger partial charge in [0.25, 0.3) is 0 Å². The van der Waals surface area contributed by atoms with Crippen molar-refractivity contribution in [1.29, 1.82) is 0 Å². The van der Waals surface area contributed by atoms with Crippen LogP contribution in [-0.2, 0) is 6.54 Å². The van der Waals surface area contributed by atoms with Crippen molar-refractivity contribution < 1.29 is 14.2 Å². The van der Waals surface area contributed by atoms with E-state index in [1.807, 2.05) is 25.1 Å². The lowest BCUT2D eigenvalue weighted by Gasteiger charge is -2.24. The Morgan fingerprint density at radius 1 is 1.35 bits per heavy atom. The topological polar surface area (TPSA) is 45.6 Å². The molecule has 1 saturated heterocycles. The Kier molecular flexibility index (Phi) is 4.59. The minimum absolute atomic E-state index is 0.00555. The summed E-state index contributed by atoms with van der Waals surface area (Å²) in [5.74, 6) is 0.522. The summed E-state index contributed by atoms with van der Waals surface area (Å²) in [6.45, 7) is 3.07. The molecule has 2 atom stereocenters. The van der Waals surface area contributed by atoms with E-state index in [-0.39, 0.29) is 11.9 Å². The van der Waals surface area contributed by atoms with Gasteiger partial charge in [0.1, 0.15) is 11.6 Å². The number of nitrogens with zero attached hydrogens (tertiary/aromatic N) is 2. The number of hydrogen-bond acceptors (Lipinski definition) is 4. The van der Waals surface area contributed by atoms with Crippen LogP contribution in [0, 0.1) is 12.7 Å². The van der Waals surface area contributed by atoms with Crippen LogP contribution < -0.4 is 4.74 Å². The molecule has 0 unspecified atom stereocenters. The molecule has 0 spiro atoms. The SMILES string of the molecule is COc1cc(C)nc(CN2C[C@H](O)C[C@@H]2c2cccc(F)c2)c1. The van der Waals surface area contributed by atoms with Crippen LogP contribution in [0.1, 0.15) is 29.4 Å². The second-order valence-corrected chi connectivity index (χ2v) is 6.03. The number of hydrogen-bond donors (Lipinski definition) is 1. The van der Waals surface area contributed by atoms with Gasteiger partial charge >= 0.3 is 0 Å². The molecule has 2 heterocycles. The Morgan fingerprint density at radius 2 is 2.17 bits per heavy atom. The Hall–Kier alpha value is -1.98. The van der Waals surface area contributed by atoms with Crippen molar-refractivity contribution in [1.82, 2.24) is 9.88 Å². The second-order valence-electron chi connectivity index (χ2n) is 6.03. The maximum Gasteiger partial charge on any atom is 0.123 e. The van der Waals surface area contributed by atoms with Gasteiger partial charge in [-0.15, -0.1) is 0 Å².